The van der Waals surface area contributed by atoms with Gasteiger partial charge in [-0.1, -0.05) is 0 Å². The second-order valence-electron chi connectivity index (χ2n) is 4.05. The van der Waals surface area contributed by atoms with Gasteiger partial charge < -0.3 is 15.5 Å². The van der Waals surface area contributed by atoms with Gasteiger partial charge in [0.05, 0.1) is 18.8 Å². The molecule has 2 unspecified atom stereocenters. The average Bonchev–Trinajstić information content (AvgIpc) is 2.28. The summed E-state index contributed by atoms with van der Waals surface area (Å²) in [6, 6.07) is 0.125. The van der Waals surface area contributed by atoms with E-state index < -0.39 is 12.2 Å². The summed E-state index contributed by atoms with van der Waals surface area (Å²) < 4.78 is 0. The molecule has 1 saturated heterocycles. The molecule has 0 bridgehead atoms. The van der Waals surface area contributed by atoms with Gasteiger partial charge in [-0.2, -0.15) is 0 Å². The van der Waals surface area contributed by atoms with Crippen molar-refractivity contribution in [2.24, 2.45) is 0 Å². The van der Waals surface area contributed by atoms with E-state index in [0.717, 1.165) is 0 Å². The highest BCUT2D eigenvalue weighted by atomic mass is 16.3. The molecule has 0 radical (unpaired) electrons. The summed E-state index contributed by atoms with van der Waals surface area (Å²) in [6.07, 6.45) is -1.44. The van der Waals surface area contributed by atoms with Crippen molar-refractivity contribution in [2.75, 3.05) is 19.6 Å². The molecular formula is C9H18N2O3. The molecule has 0 saturated carbocycles. The van der Waals surface area contributed by atoms with Gasteiger partial charge in [-0.05, 0) is 13.8 Å². The summed E-state index contributed by atoms with van der Waals surface area (Å²) in [4.78, 5) is 13.0. The van der Waals surface area contributed by atoms with Crippen LogP contribution in [-0.2, 0) is 4.79 Å². The van der Waals surface area contributed by atoms with E-state index >= 15 is 0 Å². The highest BCUT2D eigenvalue weighted by Gasteiger charge is 2.30. The Balaban J connectivity index is 2.28. The van der Waals surface area contributed by atoms with Crippen molar-refractivity contribution in [3.63, 3.8) is 0 Å². The lowest BCUT2D eigenvalue weighted by Gasteiger charge is -2.15. The Morgan fingerprint density at radius 1 is 1.43 bits per heavy atom. The number of β-amino-alcohol motifs (C(OH)–C–C–N with tert-alkyl or cyclic N) is 2. The topological polar surface area (TPSA) is 72.8 Å². The van der Waals surface area contributed by atoms with E-state index in [1.54, 1.807) is 4.90 Å². The molecule has 1 heterocycles. The molecule has 0 spiro atoms. The monoisotopic (exact) mass is 202 g/mol. The first kappa shape index (κ1) is 11.4. The van der Waals surface area contributed by atoms with Gasteiger partial charge in [0.2, 0.25) is 5.91 Å². The van der Waals surface area contributed by atoms with Crippen molar-refractivity contribution in [2.45, 2.75) is 32.1 Å². The Bertz CT molecular complexity index is 198. The van der Waals surface area contributed by atoms with Crippen LogP contribution >= 0.6 is 0 Å². The molecular weight excluding hydrogens is 184 g/mol. The van der Waals surface area contributed by atoms with E-state index in [1.807, 2.05) is 13.8 Å². The van der Waals surface area contributed by atoms with Gasteiger partial charge >= 0.3 is 0 Å². The number of hydrogen-bond acceptors (Lipinski definition) is 4. The maximum absolute atomic E-state index is 11.3. The Morgan fingerprint density at radius 2 is 1.93 bits per heavy atom. The number of aliphatic hydroxyl groups excluding tert-OH is 2. The highest BCUT2D eigenvalue weighted by Crippen LogP contribution is 2.08. The molecule has 0 aromatic rings. The number of aliphatic hydroxyl groups is 2. The van der Waals surface area contributed by atoms with Crippen molar-refractivity contribution in [3.8, 4) is 0 Å². The Hall–Kier alpha value is -0.650. The Labute approximate surface area is 83.7 Å². The van der Waals surface area contributed by atoms with Crippen LogP contribution in [0, 0.1) is 0 Å². The predicted molar refractivity (Wildman–Crippen MR) is 51.7 cm³/mol. The molecule has 1 rings (SSSR count). The summed E-state index contributed by atoms with van der Waals surface area (Å²) in [5.41, 5.74) is 0. The van der Waals surface area contributed by atoms with Crippen LogP contribution < -0.4 is 5.32 Å². The third-order valence-corrected chi connectivity index (χ3v) is 2.15. The minimum absolute atomic E-state index is 0.0682. The van der Waals surface area contributed by atoms with Crippen LogP contribution in [0.25, 0.3) is 0 Å². The first-order valence-electron chi connectivity index (χ1n) is 4.87. The third-order valence-electron chi connectivity index (χ3n) is 2.15. The van der Waals surface area contributed by atoms with Gasteiger partial charge in [0.15, 0.2) is 0 Å². The van der Waals surface area contributed by atoms with Crippen LogP contribution in [0.2, 0.25) is 0 Å². The summed E-state index contributed by atoms with van der Waals surface area (Å²) in [7, 11) is 0. The number of carbonyl (C=O) groups is 1. The number of likely N-dealkylation sites (tertiary alicyclic amines) is 1. The van der Waals surface area contributed by atoms with Gasteiger partial charge in [0.1, 0.15) is 0 Å². The second kappa shape index (κ2) is 4.72. The highest BCUT2D eigenvalue weighted by molar-refractivity contribution is 5.78. The van der Waals surface area contributed by atoms with Crippen molar-refractivity contribution in [1.29, 1.82) is 0 Å². The molecule has 3 N–H and O–H groups in total. The fourth-order valence-electron chi connectivity index (χ4n) is 1.55. The van der Waals surface area contributed by atoms with E-state index in [9.17, 15) is 15.0 Å². The molecule has 14 heavy (non-hydrogen) atoms. The van der Waals surface area contributed by atoms with Gasteiger partial charge in [0, 0.05) is 19.1 Å². The molecule has 5 heteroatoms. The molecule has 5 nitrogen and oxygen atoms in total. The molecule has 1 fully saturated rings. The lowest BCUT2D eigenvalue weighted by Crippen LogP contribution is -2.39. The van der Waals surface area contributed by atoms with Gasteiger partial charge in [-0.25, -0.2) is 0 Å². The zero-order chi connectivity index (χ0) is 10.7. The van der Waals surface area contributed by atoms with Crippen molar-refractivity contribution >= 4 is 5.91 Å². The normalized spacial score (nSPS) is 28.4. The number of amides is 1. The minimum atomic E-state index is -0.721. The van der Waals surface area contributed by atoms with E-state index in [1.165, 1.54) is 0 Å². The molecule has 0 aliphatic carbocycles. The quantitative estimate of drug-likeness (QED) is 0.523. The van der Waals surface area contributed by atoms with E-state index in [-0.39, 0.29) is 18.5 Å². The zero-order valence-electron chi connectivity index (χ0n) is 8.60. The zero-order valence-corrected chi connectivity index (χ0v) is 8.60. The minimum Gasteiger partial charge on any atom is -0.389 e. The maximum atomic E-state index is 11.3. The van der Waals surface area contributed by atoms with Crippen LogP contribution in [-0.4, -0.2) is 58.9 Å². The van der Waals surface area contributed by atoms with Gasteiger partial charge in [0.25, 0.3) is 0 Å². The van der Waals surface area contributed by atoms with Crippen LogP contribution in [0.15, 0.2) is 0 Å². The van der Waals surface area contributed by atoms with Crippen molar-refractivity contribution < 1.29 is 15.0 Å². The van der Waals surface area contributed by atoms with E-state index in [4.69, 9.17) is 0 Å². The van der Waals surface area contributed by atoms with E-state index in [0.29, 0.717) is 13.1 Å². The number of hydrogen-bond donors (Lipinski definition) is 3. The first-order valence-corrected chi connectivity index (χ1v) is 4.87. The Morgan fingerprint density at radius 3 is 2.36 bits per heavy atom. The number of carbonyl (C=O) groups excluding carboxylic acids is 1. The summed E-state index contributed by atoms with van der Waals surface area (Å²) in [6.45, 7) is 4.77. The lowest BCUT2D eigenvalue weighted by atomic mass is 10.3. The molecule has 2 atom stereocenters. The lowest BCUT2D eigenvalue weighted by molar-refractivity contribution is -0.122. The van der Waals surface area contributed by atoms with E-state index in [2.05, 4.69) is 5.32 Å². The number of nitrogens with one attached hydrogen (secondary N) is 1. The van der Waals surface area contributed by atoms with Crippen molar-refractivity contribution in [1.82, 2.24) is 10.2 Å². The molecule has 0 aromatic carbocycles. The standard InChI is InChI=1S/C9H18N2O3/c1-6(2)10-9(14)5-11-3-7(12)8(13)4-11/h6-8,12-13H,3-5H2,1-2H3,(H,10,14). The summed E-state index contributed by atoms with van der Waals surface area (Å²) in [5, 5.41) is 21.2. The fourth-order valence-corrected chi connectivity index (χ4v) is 1.55. The molecule has 1 aliphatic heterocycles. The second-order valence-corrected chi connectivity index (χ2v) is 4.05. The van der Waals surface area contributed by atoms with Crippen LogP contribution in [0.1, 0.15) is 13.8 Å². The Kier molecular flexibility index (Phi) is 3.86. The fraction of sp³-hybridized carbons (Fsp3) is 0.889. The van der Waals surface area contributed by atoms with Crippen molar-refractivity contribution in [3.05, 3.63) is 0 Å². The molecule has 1 aliphatic rings. The molecule has 82 valence electrons. The molecule has 1 amide bonds. The summed E-state index contributed by atoms with van der Waals surface area (Å²) in [5.74, 6) is -0.0682. The average molecular weight is 202 g/mol. The van der Waals surface area contributed by atoms with Gasteiger partial charge in [-0.15, -0.1) is 0 Å². The van der Waals surface area contributed by atoms with Crippen LogP contribution in [0.4, 0.5) is 0 Å². The molecule has 0 aromatic heterocycles. The smallest absolute Gasteiger partial charge is 0.234 e. The number of rotatable bonds is 3. The summed E-state index contributed by atoms with van der Waals surface area (Å²) >= 11 is 0. The first-order chi connectivity index (χ1) is 6.49. The van der Waals surface area contributed by atoms with Crippen LogP contribution in [0.3, 0.4) is 0 Å². The maximum Gasteiger partial charge on any atom is 0.234 e. The SMILES string of the molecule is CC(C)NC(=O)CN1CC(O)C(O)C1. The third kappa shape index (κ3) is 3.25. The van der Waals surface area contributed by atoms with Gasteiger partial charge in [-0.3, -0.25) is 9.69 Å². The van der Waals surface area contributed by atoms with Crippen LogP contribution in [0.5, 0.6) is 0 Å². The largest absolute Gasteiger partial charge is 0.389 e. The number of nitrogens with zero attached hydrogens (tertiary/aromatic N) is 1. The predicted octanol–water partition coefficient (Wildman–Crippen LogP) is -1.45.